The van der Waals surface area contributed by atoms with Crippen molar-refractivity contribution in [2.24, 2.45) is 5.14 Å². The van der Waals surface area contributed by atoms with Crippen molar-refractivity contribution in [3.05, 3.63) is 71.8 Å². The van der Waals surface area contributed by atoms with Gasteiger partial charge in [0.1, 0.15) is 0 Å². The van der Waals surface area contributed by atoms with Crippen molar-refractivity contribution in [1.29, 1.82) is 0 Å². The number of sulfonamides is 1. The molecule has 0 amide bonds. The molecule has 0 fully saturated rings. The Morgan fingerprint density at radius 1 is 0.900 bits per heavy atom. The summed E-state index contributed by atoms with van der Waals surface area (Å²) in [5, 5.41) is 12.4. The molecule has 0 aliphatic heterocycles. The van der Waals surface area contributed by atoms with Crippen molar-refractivity contribution in [2.45, 2.75) is 12.5 Å². The van der Waals surface area contributed by atoms with Gasteiger partial charge in [0.25, 0.3) is 0 Å². The molecule has 0 saturated carbocycles. The van der Waals surface area contributed by atoms with E-state index in [1.54, 1.807) is 0 Å². The molecule has 12 heteroatoms. The predicted molar refractivity (Wildman–Crippen MR) is 112 cm³/mol. The molecule has 0 aliphatic rings. The third kappa shape index (κ3) is 22.2. The van der Waals surface area contributed by atoms with Gasteiger partial charge in [-0.1, -0.05) is 60.7 Å². The van der Waals surface area contributed by atoms with Crippen LogP contribution in [0.1, 0.15) is 11.1 Å². The van der Waals surface area contributed by atoms with E-state index in [1.165, 1.54) is 5.56 Å². The fraction of sp³-hybridized carbons (Fsp3) is 0.333. The quantitative estimate of drug-likeness (QED) is 0.197. The molecule has 3 N–H and O–H groups in total. The summed E-state index contributed by atoms with van der Waals surface area (Å²) in [5.41, 5.74) is 2.13. The molecule has 0 aromatic heterocycles. The normalized spacial score (nSPS) is 10.5. The molecule has 0 radical (unpaired) electrons. The summed E-state index contributed by atoms with van der Waals surface area (Å²) in [6.45, 7) is -0.129. The van der Waals surface area contributed by atoms with Gasteiger partial charge in [-0.2, -0.15) is 0 Å². The molecule has 0 atom stereocenters. The van der Waals surface area contributed by atoms with E-state index >= 15 is 0 Å². The van der Waals surface area contributed by atoms with Crippen molar-refractivity contribution < 1.29 is 60.8 Å². The monoisotopic (exact) mass is 489 g/mol. The van der Waals surface area contributed by atoms with E-state index < -0.39 is 32.5 Å². The van der Waals surface area contributed by atoms with Crippen LogP contribution in [0, 0.1) is 0 Å². The van der Waals surface area contributed by atoms with Crippen LogP contribution in [-0.2, 0) is 37.4 Å². The van der Waals surface area contributed by atoms with Crippen LogP contribution in [0.15, 0.2) is 60.7 Å². The number of primary sulfonamides is 1. The van der Waals surface area contributed by atoms with Crippen LogP contribution in [0.4, 0.5) is 0 Å². The smallest absolute Gasteiger partial charge is 0.748 e. The Morgan fingerprint density at radius 2 is 1.37 bits per heavy atom. The zero-order valence-electron chi connectivity index (χ0n) is 16.7. The molecule has 0 saturated heterocycles. The maximum absolute atomic E-state index is 10.2. The molecule has 8 nitrogen and oxygen atoms in total. The minimum absolute atomic E-state index is 0. The number of hydrogen-bond acceptors (Lipinski definition) is 7. The second kappa shape index (κ2) is 18.1. The molecule has 0 spiro atoms. The molecule has 0 heterocycles. The third-order valence-electron chi connectivity index (χ3n) is 2.96. The first kappa shape index (κ1) is 31.7. The Labute approximate surface area is 205 Å². The van der Waals surface area contributed by atoms with E-state index in [1.807, 2.05) is 60.7 Å². The van der Waals surface area contributed by atoms with Gasteiger partial charge in [-0.15, -0.1) is 11.6 Å². The number of nitrogens with two attached hydrogens (primary N) is 1. The van der Waals surface area contributed by atoms with E-state index in [2.05, 4.69) is 5.14 Å². The molecule has 2 aromatic carbocycles. The van der Waals surface area contributed by atoms with Crippen LogP contribution in [0.5, 0.6) is 0 Å². The molecule has 0 bridgehead atoms. The third-order valence-corrected chi connectivity index (χ3v) is 4.69. The maximum atomic E-state index is 10.2. The zero-order chi connectivity index (χ0) is 22.2. The predicted octanol–water partition coefficient (Wildman–Crippen LogP) is -1.55. The van der Waals surface area contributed by atoms with Gasteiger partial charge in [-0.25, -0.2) is 22.0 Å². The fourth-order valence-corrected chi connectivity index (χ4v) is 2.37. The average molecular weight is 490 g/mol. The van der Waals surface area contributed by atoms with Crippen LogP contribution >= 0.6 is 11.6 Å². The summed E-state index contributed by atoms with van der Waals surface area (Å²) >= 11 is 5.53. The van der Waals surface area contributed by atoms with Crippen LogP contribution in [0.2, 0.25) is 0 Å². The van der Waals surface area contributed by atoms with Crippen molar-refractivity contribution in [3.8, 4) is 0 Å². The van der Waals surface area contributed by atoms with Gasteiger partial charge in [0.15, 0.2) is 0 Å². The molecule has 2 aromatic rings. The summed E-state index contributed by atoms with van der Waals surface area (Å²) in [5.74, 6) is -0.215. The second-order valence-corrected chi connectivity index (χ2v) is 9.03. The van der Waals surface area contributed by atoms with E-state index in [-0.39, 0.29) is 41.9 Å². The molecule has 0 aliphatic carbocycles. The number of aliphatic hydroxyl groups excluding tert-OH is 1. The van der Waals surface area contributed by atoms with E-state index in [4.69, 9.17) is 21.4 Å². The number of hydrogen-bond donors (Lipinski definition) is 2. The van der Waals surface area contributed by atoms with Gasteiger partial charge in [0.05, 0.1) is 41.4 Å². The minimum Gasteiger partial charge on any atom is -0.748 e. The van der Waals surface area contributed by atoms with Crippen molar-refractivity contribution in [3.63, 3.8) is 0 Å². The second-order valence-electron chi connectivity index (χ2n) is 5.51. The average Bonchev–Trinajstić information content (AvgIpc) is 2.66. The van der Waals surface area contributed by atoms with Crippen molar-refractivity contribution in [1.82, 2.24) is 0 Å². The molecule has 0 unspecified atom stereocenters. The number of benzene rings is 2. The number of ether oxygens (including phenoxy) is 1. The fourth-order valence-electron chi connectivity index (χ4n) is 1.62. The van der Waals surface area contributed by atoms with E-state index in [9.17, 15) is 21.4 Å². The Hall–Kier alpha value is -0.530. The largest absolute Gasteiger partial charge is 1.00 e. The zero-order valence-corrected chi connectivity index (χ0v) is 21.1. The van der Waals surface area contributed by atoms with Gasteiger partial charge in [0.2, 0.25) is 10.0 Å². The van der Waals surface area contributed by atoms with Gasteiger partial charge >= 0.3 is 29.6 Å². The number of alkyl halides is 1. The van der Waals surface area contributed by atoms with Crippen LogP contribution in [-0.4, -0.2) is 51.2 Å². The van der Waals surface area contributed by atoms with Crippen LogP contribution in [0.25, 0.3) is 0 Å². The standard InChI is InChI=1S/C9H12O4S.C7H7Cl.C2H7NO3S.Na/c10-14(11,12)7-6-13-8-9-4-2-1-3-5-9;8-6-7-4-2-1-3-5-7;3-7(5,6)2-1-4;/h1-5H,6-8H2,(H,10,11,12);1-5H,6H2;4H,1-2H2,(H2,3,5,6);/q;;;+1/p-1. The first-order valence-electron chi connectivity index (χ1n) is 8.34. The first-order valence-corrected chi connectivity index (χ1v) is 12.2. The number of aliphatic hydroxyl groups is 1. The van der Waals surface area contributed by atoms with Gasteiger partial charge in [-0.3, -0.25) is 0 Å². The summed E-state index contributed by atoms with van der Waals surface area (Å²) in [4.78, 5) is 0. The number of rotatable bonds is 8. The summed E-state index contributed by atoms with van der Waals surface area (Å²) in [6.07, 6.45) is 0. The molecular weight excluding hydrogens is 465 g/mol. The molecule has 30 heavy (non-hydrogen) atoms. The van der Waals surface area contributed by atoms with Gasteiger partial charge in [0, 0.05) is 5.88 Å². The summed E-state index contributed by atoms with van der Waals surface area (Å²) in [7, 11) is -7.58. The molecular formula is C18H25ClNNaO7S2. The number of halogens is 1. The topological polar surface area (TPSA) is 147 Å². The Balaban J connectivity index is 0. The van der Waals surface area contributed by atoms with Gasteiger partial charge in [-0.05, 0) is 11.1 Å². The minimum atomic E-state index is -4.15. The summed E-state index contributed by atoms with van der Waals surface area (Å²) in [6, 6.07) is 19.3. The van der Waals surface area contributed by atoms with Crippen LogP contribution in [0.3, 0.4) is 0 Å². The Morgan fingerprint density at radius 3 is 1.67 bits per heavy atom. The van der Waals surface area contributed by atoms with E-state index in [0.29, 0.717) is 12.5 Å². The SMILES string of the molecule is ClCc1ccccc1.NS(=O)(=O)CCO.O=S(=O)([O-])CCOCc1ccccc1.[Na+]. The Bertz CT molecular complexity index is 868. The van der Waals surface area contributed by atoms with Crippen molar-refractivity contribution >= 4 is 31.7 Å². The maximum Gasteiger partial charge on any atom is 1.00 e. The molecule has 2 rings (SSSR count). The van der Waals surface area contributed by atoms with Crippen LogP contribution < -0.4 is 34.7 Å². The van der Waals surface area contributed by atoms with Crippen molar-refractivity contribution in [2.75, 3.05) is 24.7 Å². The van der Waals surface area contributed by atoms with E-state index in [0.717, 1.165) is 5.56 Å². The van der Waals surface area contributed by atoms with Gasteiger partial charge < -0.3 is 14.4 Å². The molecule has 164 valence electrons. The first-order chi connectivity index (χ1) is 13.6. The Kier molecular flexibility index (Phi) is 19.1. The summed E-state index contributed by atoms with van der Waals surface area (Å²) < 4.78 is 55.3.